The van der Waals surface area contributed by atoms with E-state index < -0.39 is 0 Å². The van der Waals surface area contributed by atoms with Gasteiger partial charge in [0, 0.05) is 45.4 Å². The number of nitriles is 1. The molecule has 0 amide bonds. The predicted octanol–water partition coefficient (Wildman–Crippen LogP) is 2.77. The summed E-state index contributed by atoms with van der Waals surface area (Å²) in [6.07, 6.45) is 2.27. The molecule has 0 aromatic heterocycles. The molecule has 1 aromatic carbocycles. The van der Waals surface area contributed by atoms with E-state index >= 15 is 0 Å². The fourth-order valence-corrected chi connectivity index (χ4v) is 3.53. The van der Waals surface area contributed by atoms with Crippen LogP contribution in [0.2, 0.25) is 0 Å². The fourth-order valence-electron chi connectivity index (χ4n) is 3.53. The van der Waals surface area contributed by atoms with Gasteiger partial charge < -0.3 is 10.1 Å². The zero-order valence-electron chi connectivity index (χ0n) is 13.2. The second-order valence-electron chi connectivity index (χ2n) is 5.91. The van der Waals surface area contributed by atoms with Crippen molar-refractivity contribution in [1.82, 2.24) is 10.2 Å². The molecule has 2 heterocycles. The Kier molecular flexibility index (Phi) is 8.90. The van der Waals surface area contributed by atoms with Crippen LogP contribution in [0.15, 0.2) is 24.3 Å². The molecule has 1 aromatic rings. The van der Waals surface area contributed by atoms with E-state index in [4.69, 9.17) is 10.00 Å². The average Bonchev–Trinajstić information content (AvgIpc) is 2.58. The van der Waals surface area contributed by atoms with E-state index in [1.165, 1.54) is 5.56 Å². The highest BCUT2D eigenvalue weighted by molar-refractivity contribution is 5.85. The minimum atomic E-state index is 0. The van der Waals surface area contributed by atoms with Crippen LogP contribution in [-0.4, -0.2) is 44.3 Å². The maximum Gasteiger partial charge on any atom is 0.0991 e. The van der Waals surface area contributed by atoms with Gasteiger partial charge in [-0.25, -0.2) is 0 Å². The van der Waals surface area contributed by atoms with E-state index in [1.54, 1.807) is 0 Å². The first-order valence-electron chi connectivity index (χ1n) is 7.91. The maximum absolute atomic E-state index is 8.98. The van der Waals surface area contributed by atoms with Gasteiger partial charge in [0.15, 0.2) is 0 Å². The summed E-state index contributed by atoms with van der Waals surface area (Å²) in [7, 11) is 0. The highest BCUT2D eigenvalue weighted by Gasteiger charge is 2.31. The molecular formula is C17H25Cl2N3O. The van der Waals surface area contributed by atoms with E-state index in [1.807, 2.05) is 12.1 Å². The highest BCUT2D eigenvalue weighted by Crippen LogP contribution is 2.35. The number of nitrogens with one attached hydrogen (secondary N) is 1. The van der Waals surface area contributed by atoms with Crippen molar-refractivity contribution in [3.8, 4) is 6.07 Å². The van der Waals surface area contributed by atoms with Crippen LogP contribution >= 0.6 is 24.8 Å². The van der Waals surface area contributed by atoms with Crippen LogP contribution < -0.4 is 5.32 Å². The summed E-state index contributed by atoms with van der Waals surface area (Å²) in [5.41, 5.74) is 2.09. The summed E-state index contributed by atoms with van der Waals surface area (Å²) in [5.74, 6) is 0.657. The molecule has 2 saturated heterocycles. The number of ether oxygens (including phenoxy) is 1. The number of piperazine rings is 1. The van der Waals surface area contributed by atoms with E-state index in [0.29, 0.717) is 12.0 Å². The maximum atomic E-state index is 8.98. The molecule has 0 saturated carbocycles. The van der Waals surface area contributed by atoms with Crippen LogP contribution in [0, 0.1) is 17.2 Å². The van der Waals surface area contributed by atoms with Gasteiger partial charge in [0.25, 0.3) is 0 Å². The van der Waals surface area contributed by atoms with E-state index in [-0.39, 0.29) is 24.8 Å². The monoisotopic (exact) mass is 357 g/mol. The Balaban J connectivity index is 0.00000132. The number of nitrogens with zero attached hydrogens (tertiary/aromatic N) is 2. The summed E-state index contributed by atoms with van der Waals surface area (Å²) in [5, 5.41) is 12.4. The summed E-state index contributed by atoms with van der Waals surface area (Å²) < 4.78 is 5.54. The van der Waals surface area contributed by atoms with Crippen LogP contribution in [0.1, 0.15) is 30.0 Å². The van der Waals surface area contributed by atoms with E-state index in [9.17, 15) is 0 Å². The third kappa shape index (κ3) is 5.07. The molecule has 6 heteroatoms. The van der Waals surface area contributed by atoms with E-state index in [0.717, 1.165) is 57.8 Å². The summed E-state index contributed by atoms with van der Waals surface area (Å²) in [4.78, 5) is 2.61. The molecule has 128 valence electrons. The van der Waals surface area contributed by atoms with Gasteiger partial charge in [0.1, 0.15) is 0 Å². The molecule has 0 bridgehead atoms. The predicted molar refractivity (Wildman–Crippen MR) is 96.4 cm³/mol. The standard InChI is InChI=1S/C17H23N3O.2ClH/c18-13-14-1-3-15(4-2-14)17(16-5-11-21-12-6-16)20-9-7-19-8-10-20;;/h1-4,16-17,19H,5-12H2;2*1H/t17-;;/m0../s1. The van der Waals surface area contributed by atoms with Crippen molar-refractivity contribution >= 4 is 24.8 Å². The largest absolute Gasteiger partial charge is 0.381 e. The van der Waals surface area contributed by atoms with Gasteiger partial charge in [-0.3, -0.25) is 4.90 Å². The lowest BCUT2D eigenvalue weighted by atomic mass is 9.85. The molecule has 0 spiro atoms. The summed E-state index contributed by atoms with van der Waals surface area (Å²) in [6, 6.07) is 10.8. The molecule has 2 aliphatic rings. The summed E-state index contributed by atoms with van der Waals surface area (Å²) >= 11 is 0. The highest BCUT2D eigenvalue weighted by atomic mass is 35.5. The van der Waals surface area contributed by atoms with Crippen LogP contribution in [0.4, 0.5) is 0 Å². The first-order chi connectivity index (χ1) is 10.4. The Morgan fingerprint density at radius 3 is 2.26 bits per heavy atom. The Hall–Kier alpha value is -0.830. The minimum Gasteiger partial charge on any atom is -0.381 e. The molecule has 23 heavy (non-hydrogen) atoms. The number of rotatable bonds is 3. The Bertz CT molecular complexity index is 474. The van der Waals surface area contributed by atoms with Crippen LogP contribution in [0.3, 0.4) is 0 Å². The average molecular weight is 358 g/mol. The molecule has 3 rings (SSSR count). The Morgan fingerprint density at radius 1 is 1.09 bits per heavy atom. The lowest BCUT2D eigenvalue weighted by Gasteiger charge is -2.41. The van der Waals surface area contributed by atoms with Crippen LogP contribution in [0.5, 0.6) is 0 Å². The van der Waals surface area contributed by atoms with Gasteiger partial charge >= 0.3 is 0 Å². The molecule has 2 aliphatic heterocycles. The zero-order chi connectivity index (χ0) is 14.5. The summed E-state index contributed by atoms with van der Waals surface area (Å²) in [6.45, 7) is 6.09. The van der Waals surface area contributed by atoms with Gasteiger partial charge in [0.05, 0.1) is 11.6 Å². The number of halogens is 2. The normalized spacial score (nSPS) is 20.7. The third-order valence-corrected chi connectivity index (χ3v) is 4.64. The number of hydrogen-bond acceptors (Lipinski definition) is 4. The zero-order valence-corrected chi connectivity index (χ0v) is 14.9. The second kappa shape index (κ2) is 10.1. The fraction of sp³-hybridized carbons (Fsp3) is 0.588. The van der Waals surface area contributed by atoms with Gasteiger partial charge in [-0.05, 0) is 36.5 Å². The van der Waals surface area contributed by atoms with Gasteiger partial charge in [0.2, 0.25) is 0 Å². The molecular weight excluding hydrogens is 333 g/mol. The van der Waals surface area contributed by atoms with Crippen molar-refractivity contribution in [2.24, 2.45) is 5.92 Å². The SMILES string of the molecule is Cl.Cl.N#Cc1ccc([C@@H](C2CCOCC2)N2CCNCC2)cc1. The molecule has 1 N–H and O–H groups in total. The van der Waals surface area contributed by atoms with Gasteiger partial charge in [-0.2, -0.15) is 5.26 Å². The molecule has 0 unspecified atom stereocenters. The van der Waals surface area contributed by atoms with Crippen molar-refractivity contribution < 1.29 is 4.74 Å². The topological polar surface area (TPSA) is 48.3 Å². The molecule has 0 radical (unpaired) electrons. The smallest absolute Gasteiger partial charge is 0.0991 e. The molecule has 1 atom stereocenters. The van der Waals surface area contributed by atoms with Crippen molar-refractivity contribution in [1.29, 1.82) is 5.26 Å². The third-order valence-electron chi connectivity index (χ3n) is 4.64. The molecule has 4 nitrogen and oxygen atoms in total. The Labute approximate surface area is 151 Å². The molecule has 2 fully saturated rings. The minimum absolute atomic E-state index is 0. The first kappa shape index (κ1) is 20.2. The number of hydrogen-bond donors (Lipinski definition) is 1. The van der Waals surface area contributed by atoms with E-state index in [2.05, 4.69) is 28.4 Å². The first-order valence-corrected chi connectivity index (χ1v) is 7.91. The number of benzene rings is 1. The van der Waals surface area contributed by atoms with Gasteiger partial charge in [-0.1, -0.05) is 12.1 Å². The lowest BCUT2D eigenvalue weighted by Crippen LogP contribution is -2.47. The van der Waals surface area contributed by atoms with Crippen molar-refractivity contribution in [3.63, 3.8) is 0 Å². The van der Waals surface area contributed by atoms with Gasteiger partial charge in [-0.15, -0.1) is 24.8 Å². The Morgan fingerprint density at radius 2 is 1.70 bits per heavy atom. The van der Waals surface area contributed by atoms with Crippen LogP contribution in [-0.2, 0) is 4.74 Å². The quantitative estimate of drug-likeness (QED) is 0.903. The van der Waals surface area contributed by atoms with Crippen molar-refractivity contribution in [3.05, 3.63) is 35.4 Å². The van der Waals surface area contributed by atoms with Crippen molar-refractivity contribution in [2.45, 2.75) is 18.9 Å². The second-order valence-corrected chi connectivity index (χ2v) is 5.91. The van der Waals surface area contributed by atoms with Crippen LogP contribution in [0.25, 0.3) is 0 Å². The lowest BCUT2D eigenvalue weighted by molar-refractivity contribution is 0.0213. The van der Waals surface area contributed by atoms with Crippen molar-refractivity contribution in [2.75, 3.05) is 39.4 Å². The molecule has 0 aliphatic carbocycles.